The molecule has 1 saturated carbocycles. The van der Waals surface area contributed by atoms with Gasteiger partial charge in [-0.3, -0.25) is 24.4 Å². The van der Waals surface area contributed by atoms with Gasteiger partial charge in [-0.05, 0) is 72.3 Å². The molecule has 0 bridgehead atoms. The summed E-state index contributed by atoms with van der Waals surface area (Å²) in [6.07, 6.45) is 12.2. The van der Waals surface area contributed by atoms with Gasteiger partial charge >= 0.3 is 17.9 Å². The molecule has 299 valence electrons. The number of carboxylic acid groups (broad SMARTS) is 2. The Hall–Kier alpha value is -3.90. The monoisotopic (exact) mass is 791 g/mol. The molecule has 2 atom stereocenters. The Morgan fingerprint density at radius 1 is 0.815 bits per heavy atom. The number of hydrogen-bond donors (Lipinski definition) is 4. The van der Waals surface area contributed by atoms with Crippen LogP contribution in [0.15, 0.2) is 40.3 Å². The van der Waals surface area contributed by atoms with E-state index in [2.05, 4.69) is 75.0 Å². The third kappa shape index (κ3) is 11.8. The van der Waals surface area contributed by atoms with Gasteiger partial charge in [-0.15, -0.1) is 0 Å². The largest absolute Gasteiger partial charge is 0.507 e. The average molecular weight is 792 g/mol. The summed E-state index contributed by atoms with van der Waals surface area (Å²) in [5, 5.41) is 37.3. The zero-order valence-electron chi connectivity index (χ0n) is 33.3. The van der Waals surface area contributed by atoms with Gasteiger partial charge in [0.05, 0.1) is 51.4 Å². The topological polar surface area (TPSA) is 149 Å². The molecule has 3 aliphatic rings. The van der Waals surface area contributed by atoms with E-state index in [1.54, 1.807) is 0 Å². The molecule has 1 fully saturated rings. The number of aromatic hydroxyl groups is 2. The number of aliphatic carboxylic acids is 2. The van der Waals surface area contributed by atoms with Crippen molar-refractivity contribution in [2.75, 3.05) is 39.3 Å². The zero-order valence-corrected chi connectivity index (χ0v) is 34.3. The number of para-hydroxylation sites is 1. The van der Waals surface area contributed by atoms with Gasteiger partial charge < -0.3 is 20.4 Å². The molecule has 5 rings (SSSR count). The van der Waals surface area contributed by atoms with Crippen molar-refractivity contribution < 1.29 is 51.4 Å². The number of rotatable bonds is 9. The molecular weight excluding hydrogens is 729 g/mol. The molecule has 0 aromatic heterocycles. The molecular formula is C42H62CoN5O6+. The molecule has 12 heteroatoms. The van der Waals surface area contributed by atoms with Crippen LogP contribution in [0, 0.1) is 0 Å². The maximum Gasteiger partial charge on any atom is 0.414 e. The van der Waals surface area contributed by atoms with E-state index >= 15 is 0 Å². The van der Waals surface area contributed by atoms with Crippen molar-refractivity contribution in [2.45, 2.75) is 123 Å². The van der Waals surface area contributed by atoms with Crippen LogP contribution in [-0.2, 0) is 43.6 Å². The van der Waals surface area contributed by atoms with Crippen LogP contribution >= 0.6 is 0 Å². The van der Waals surface area contributed by atoms with Crippen molar-refractivity contribution in [3.05, 3.63) is 58.1 Å². The average Bonchev–Trinajstić information content (AvgIpc) is 3.10. The van der Waals surface area contributed by atoms with Crippen LogP contribution < -0.4 is 0 Å². The number of phenols is 2. The zero-order chi connectivity index (χ0) is 38.9. The van der Waals surface area contributed by atoms with Gasteiger partial charge in [0.1, 0.15) is 11.5 Å². The minimum atomic E-state index is -1.82. The Balaban J connectivity index is 0.00000103. The number of guanidine groups is 1. The minimum Gasteiger partial charge on any atom is -0.507 e. The van der Waals surface area contributed by atoms with Crippen LogP contribution in [0.3, 0.4) is 0 Å². The Morgan fingerprint density at radius 2 is 1.39 bits per heavy atom. The van der Waals surface area contributed by atoms with E-state index in [-0.39, 0.29) is 39.7 Å². The van der Waals surface area contributed by atoms with Crippen molar-refractivity contribution in [3.8, 4) is 11.5 Å². The summed E-state index contributed by atoms with van der Waals surface area (Å²) < 4.78 is 2.58. The maximum absolute atomic E-state index is 11.6. The summed E-state index contributed by atoms with van der Waals surface area (Å²) in [6.45, 7) is 22.0. The fourth-order valence-electron chi connectivity index (χ4n) is 7.49. The van der Waals surface area contributed by atoms with Crippen molar-refractivity contribution in [3.63, 3.8) is 0 Å². The number of carboxylic acids is 2. The van der Waals surface area contributed by atoms with Crippen LogP contribution in [0.25, 0.3) is 0 Å². The second-order valence-corrected chi connectivity index (χ2v) is 16.6. The van der Waals surface area contributed by atoms with E-state index in [1.807, 2.05) is 30.6 Å². The van der Waals surface area contributed by atoms with E-state index in [0.717, 1.165) is 87.0 Å². The fraction of sp³-hybridized carbons (Fsp3) is 0.595. The Labute approximate surface area is 332 Å². The molecule has 54 heavy (non-hydrogen) atoms. The van der Waals surface area contributed by atoms with Gasteiger partial charge in [0.15, 0.2) is 0 Å². The standard InChI is InChI=1S/C40H59N5O2.C2H2O4.Co/c1-8-43-21-13-22-45-24-14-23-44(38(43)45)20-12-16-29-25-32(39(2,3)4)26-31(36(29)46)28-42-35-19-10-9-18-34(35)41-27-30-15-11-17-33(37(30)47)40(5,6)7;3-1(4)2(5)6;/h11,15,17,25-28,34-35H,8-10,12-14,16,18-24H2,1-7H3,(H-,41,42,46,47);(H,3,4)(H,5,6);/p+1. The molecule has 2 heterocycles. The predicted octanol–water partition coefficient (Wildman–Crippen LogP) is 6.43. The third-order valence-corrected chi connectivity index (χ3v) is 10.5. The summed E-state index contributed by atoms with van der Waals surface area (Å²) in [7, 11) is 0. The fourth-order valence-corrected chi connectivity index (χ4v) is 7.49. The van der Waals surface area contributed by atoms with Gasteiger partial charge in [0.2, 0.25) is 0 Å². The summed E-state index contributed by atoms with van der Waals surface area (Å²) in [5.74, 6) is -1.55. The van der Waals surface area contributed by atoms with Gasteiger partial charge in [-0.2, -0.15) is 0 Å². The van der Waals surface area contributed by atoms with E-state index in [4.69, 9.17) is 29.8 Å². The van der Waals surface area contributed by atoms with E-state index in [9.17, 15) is 10.2 Å². The normalized spacial score (nSPS) is 19.3. The SMILES string of the molecule is CCN1CCC[N+]2=C1N(CCCc1cc(C(C)(C)C)cc(C=NC3CCCCC3N=Cc3cccc(C(C)(C)C)c3O)c1O)CCC2.O=C(O)C(=O)O.[Co]. The Bertz CT molecular complexity index is 1680. The number of phenolic OH excluding ortho intramolecular Hbond substituents is 2. The molecule has 0 amide bonds. The first-order valence-electron chi connectivity index (χ1n) is 19.3. The Kier molecular flexibility index (Phi) is 16.2. The Morgan fingerprint density at radius 3 is 1.93 bits per heavy atom. The van der Waals surface area contributed by atoms with Crippen molar-refractivity contribution in [2.24, 2.45) is 9.98 Å². The molecule has 2 aromatic rings. The van der Waals surface area contributed by atoms with Crippen LogP contribution in [-0.4, -0.2) is 116 Å². The van der Waals surface area contributed by atoms with Crippen molar-refractivity contribution >= 4 is 30.3 Å². The molecule has 1 radical (unpaired) electrons. The first-order chi connectivity index (χ1) is 25.0. The molecule has 4 N–H and O–H groups in total. The molecule has 11 nitrogen and oxygen atoms in total. The van der Waals surface area contributed by atoms with Gasteiger partial charge in [-0.25, -0.2) is 9.59 Å². The second kappa shape index (κ2) is 19.6. The van der Waals surface area contributed by atoms with Crippen molar-refractivity contribution in [1.29, 1.82) is 0 Å². The molecule has 0 spiro atoms. The number of carbonyl (C=O) groups is 2. The number of hydrogen-bond acceptors (Lipinski definition) is 8. The first kappa shape index (κ1) is 44.5. The van der Waals surface area contributed by atoms with Crippen LogP contribution in [0.2, 0.25) is 0 Å². The quantitative estimate of drug-likeness (QED) is 0.129. The van der Waals surface area contributed by atoms with Crippen LogP contribution in [0.4, 0.5) is 0 Å². The van der Waals surface area contributed by atoms with Crippen LogP contribution in [0.5, 0.6) is 11.5 Å². The second-order valence-electron chi connectivity index (χ2n) is 16.6. The maximum atomic E-state index is 11.6. The van der Waals surface area contributed by atoms with E-state index < -0.39 is 11.9 Å². The molecule has 1 aliphatic carbocycles. The minimum absolute atomic E-state index is 0. The number of nitrogens with zero attached hydrogens (tertiary/aromatic N) is 5. The van der Waals surface area contributed by atoms with Crippen LogP contribution in [0.1, 0.15) is 121 Å². The summed E-state index contributed by atoms with van der Waals surface area (Å²) >= 11 is 0. The van der Waals surface area contributed by atoms with Gasteiger partial charge in [0, 0.05) is 53.2 Å². The molecule has 0 saturated heterocycles. The van der Waals surface area contributed by atoms with Gasteiger partial charge in [-0.1, -0.05) is 72.6 Å². The van der Waals surface area contributed by atoms with E-state index in [1.165, 1.54) is 37.5 Å². The smallest absolute Gasteiger partial charge is 0.414 e. The number of aliphatic imine (C=N–C) groups is 2. The summed E-state index contributed by atoms with van der Waals surface area (Å²) in [4.78, 5) is 33.4. The van der Waals surface area contributed by atoms with Gasteiger partial charge in [0.25, 0.3) is 0 Å². The number of benzene rings is 2. The predicted molar refractivity (Wildman–Crippen MR) is 211 cm³/mol. The van der Waals surface area contributed by atoms with Crippen molar-refractivity contribution in [1.82, 2.24) is 9.80 Å². The summed E-state index contributed by atoms with van der Waals surface area (Å²) in [6, 6.07) is 10.4. The summed E-state index contributed by atoms with van der Waals surface area (Å²) in [5.41, 5.74) is 4.54. The molecule has 2 aliphatic heterocycles. The third-order valence-electron chi connectivity index (χ3n) is 10.5. The molecule has 2 unspecified atom stereocenters. The number of aryl methyl sites for hydroxylation is 1. The molecule has 2 aromatic carbocycles. The van der Waals surface area contributed by atoms with E-state index in [0.29, 0.717) is 11.5 Å². The first-order valence-corrected chi connectivity index (χ1v) is 19.3.